The fraction of sp³-hybridized carbons (Fsp3) is 0.533. The molecule has 0 unspecified atom stereocenters. The van der Waals surface area contributed by atoms with Crippen molar-refractivity contribution in [3.8, 4) is 0 Å². The fourth-order valence-corrected chi connectivity index (χ4v) is 2.68. The Hall–Kier alpha value is -1.75. The number of hydrogen-bond acceptors (Lipinski definition) is 4. The number of hydrogen-bond donors (Lipinski definition) is 2. The number of anilines is 2. The van der Waals surface area contributed by atoms with E-state index >= 15 is 0 Å². The van der Waals surface area contributed by atoms with Crippen LogP contribution in [0, 0.1) is 5.92 Å². The first-order chi connectivity index (χ1) is 9.47. The minimum atomic E-state index is -0.440. The zero-order valence-corrected chi connectivity index (χ0v) is 12.3. The Kier molecular flexibility index (Phi) is 4.49. The molecule has 0 bridgehead atoms. The van der Waals surface area contributed by atoms with E-state index in [9.17, 15) is 4.79 Å². The number of piperazine rings is 1. The molecule has 1 fully saturated rings. The SMILES string of the molecule is CC(C)CN1CCN(c2ccc(C(N)=O)cc2N)CC1. The number of rotatable bonds is 4. The molecule has 4 N–H and O–H groups in total. The molecule has 1 aromatic carbocycles. The fourth-order valence-electron chi connectivity index (χ4n) is 2.68. The first-order valence-electron chi connectivity index (χ1n) is 7.14. The van der Waals surface area contributed by atoms with E-state index < -0.39 is 5.91 Å². The molecular formula is C15H24N4O. The summed E-state index contributed by atoms with van der Waals surface area (Å²) in [6.07, 6.45) is 0. The Morgan fingerprint density at radius 3 is 2.40 bits per heavy atom. The normalized spacial score (nSPS) is 16.6. The smallest absolute Gasteiger partial charge is 0.248 e. The molecule has 0 aliphatic carbocycles. The van der Waals surface area contributed by atoms with Gasteiger partial charge in [0.05, 0.1) is 11.4 Å². The summed E-state index contributed by atoms with van der Waals surface area (Å²) in [4.78, 5) is 15.9. The standard InChI is InChI=1S/C15H24N4O/c1-11(2)10-18-5-7-19(8-6-18)14-4-3-12(15(17)20)9-13(14)16/h3-4,9,11H,5-8,10,16H2,1-2H3,(H2,17,20). The maximum Gasteiger partial charge on any atom is 0.248 e. The van der Waals surface area contributed by atoms with Crippen LogP contribution in [0.3, 0.4) is 0 Å². The molecule has 1 aromatic rings. The summed E-state index contributed by atoms with van der Waals surface area (Å²) in [5, 5.41) is 0. The molecule has 1 amide bonds. The highest BCUT2D eigenvalue weighted by Gasteiger charge is 2.19. The van der Waals surface area contributed by atoms with Crippen LogP contribution in [0.1, 0.15) is 24.2 Å². The summed E-state index contributed by atoms with van der Waals surface area (Å²) in [5.41, 5.74) is 13.4. The summed E-state index contributed by atoms with van der Waals surface area (Å²) in [6.45, 7) is 9.66. The number of nitrogens with zero attached hydrogens (tertiary/aromatic N) is 2. The first kappa shape index (κ1) is 14.7. The van der Waals surface area contributed by atoms with Crippen LogP contribution in [-0.2, 0) is 0 Å². The number of carbonyl (C=O) groups is 1. The zero-order chi connectivity index (χ0) is 14.7. The molecular weight excluding hydrogens is 252 g/mol. The van der Waals surface area contributed by atoms with E-state index in [1.54, 1.807) is 12.1 Å². The van der Waals surface area contributed by atoms with Crippen LogP contribution in [-0.4, -0.2) is 43.5 Å². The van der Waals surface area contributed by atoms with Gasteiger partial charge in [0.2, 0.25) is 5.91 Å². The van der Waals surface area contributed by atoms with E-state index in [-0.39, 0.29) is 0 Å². The van der Waals surface area contributed by atoms with E-state index in [0.29, 0.717) is 17.2 Å². The molecule has 0 spiro atoms. The van der Waals surface area contributed by atoms with Crippen LogP contribution in [0.4, 0.5) is 11.4 Å². The van der Waals surface area contributed by atoms with Gasteiger partial charge < -0.3 is 16.4 Å². The Morgan fingerprint density at radius 2 is 1.90 bits per heavy atom. The molecule has 1 saturated heterocycles. The van der Waals surface area contributed by atoms with Gasteiger partial charge in [0.25, 0.3) is 0 Å². The molecule has 2 rings (SSSR count). The molecule has 0 saturated carbocycles. The average molecular weight is 276 g/mol. The van der Waals surface area contributed by atoms with Crippen molar-refractivity contribution in [2.75, 3.05) is 43.4 Å². The Labute approximate surface area is 120 Å². The number of amides is 1. The van der Waals surface area contributed by atoms with Crippen molar-refractivity contribution in [3.05, 3.63) is 23.8 Å². The molecule has 110 valence electrons. The molecule has 5 nitrogen and oxygen atoms in total. The van der Waals surface area contributed by atoms with Crippen molar-refractivity contribution in [2.45, 2.75) is 13.8 Å². The summed E-state index contributed by atoms with van der Waals surface area (Å²) < 4.78 is 0. The van der Waals surface area contributed by atoms with Crippen LogP contribution in [0.5, 0.6) is 0 Å². The van der Waals surface area contributed by atoms with Crippen LogP contribution >= 0.6 is 0 Å². The lowest BCUT2D eigenvalue weighted by Gasteiger charge is -2.37. The number of benzene rings is 1. The lowest BCUT2D eigenvalue weighted by molar-refractivity contribution is 0.100. The van der Waals surface area contributed by atoms with Crippen LogP contribution in [0.25, 0.3) is 0 Å². The van der Waals surface area contributed by atoms with E-state index in [1.807, 2.05) is 6.07 Å². The second kappa shape index (κ2) is 6.13. The Balaban J connectivity index is 2.02. The lowest BCUT2D eigenvalue weighted by atomic mass is 10.1. The van der Waals surface area contributed by atoms with Gasteiger partial charge in [-0.25, -0.2) is 0 Å². The molecule has 0 radical (unpaired) electrons. The summed E-state index contributed by atoms with van der Waals surface area (Å²) >= 11 is 0. The summed E-state index contributed by atoms with van der Waals surface area (Å²) in [6, 6.07) is 5.31. The van der Waals surface area contributed by atoms with Gasteiger partial charge in [-0.2, -0.15) is 0 Å². The number of nitrogen functional groups attached to an aromatic ring is 1. The Bertz CT molecular complexity index is 479. The monoisotopic (exact) mass is 276 g/mol. The highest BCUT2D eigenvalue weighted by molar-refractivity contribution is 5.94. The van der Waals surface area contributed by atoms with Crippen molar-refractivity contribution >= 4 is 17.3 Å². The van der Waals surface area contributed by atoms with E-state index in [1.165, 1.54) is 0 Å². The van der Waals surface area contributed by atoms with Gasteiger partial charge in [0.15, 0.2) is 0 Å². The summed E-state index contributed by atoms with van der Waals surface area (Å²) in [5.74, 6) is 0.256. The topological polar surface area (TPSA) is 75.6 Å². The van der Waals surface area contributed by atoms with Crippen molar-refractivity contribution in [1.82, 2.24) is 4.90 Å². The predicted molar refractivity (Wildman–Crippen MR) is 82.9 cm³/mol. The van der Waals surface area contributed by atoms with E-state index in [0.717, 1.165) is 38.4 Å². The van der Waals surface area contributed by atoms with Crippen LogP contribution < -0.4 is 16.4 Å². The third-order valence-corrected chi connectivity index (χ3v) is 3.65. The second-order valence-electron chi connectivity index (χ2n) is 5.82. The highest BCUT2D eigenvalue weighted by atomic mass is 16.1. The highest BCUT2D eigenvalue weighted by Crippen LogP contribution is 2.25. The van der Waals surface area contributed by atoms with Gasteiger partial charge in [-0.15, -0.1) is 0 Å². The second-order valence-corrected chi connectivity index (χ2v) is 5.82. The van der Waals surface area contributed by atoms with Gasteiger partial charge in [-0.05, 0) is 24.1 Å². The van der Waals surface area contributed by atoms with Crippen molar-refractivity contribution in [3.63, 3.8) is 0 Å². The maximum absolute atomic E-state index is 11.1. The lowest BCUT2D eigenvalue weighted by Crippen LogP contribution is -2.47. The van der Waals surface area contributed by atoms with Crippen LogP contribution in [0.15, 0.2) is 18.2 Å². The molecule has 1 aliphatic heterocycles. The zero-order valence-electron chi connectivity index (χ0n) is 12.3. The molecule has 1 heterocycles. The average Bonchev–Trinajstić information content (AvgIpc) is 2.39. The van der Waals surface area contributed by atoms with Crippen molar-refractivity contribution in [1.29, 1.82) is 0 Å². The van der Waals surface area contributed by atoms with Gasteiger partial charge in [-0.3, -0.25) is 9.69 Å². The van der Waals surface area contributed by atoms with Gasteiger partial charge in [-0.1, -0.05) is 13.8 Å². The third-order valence-electron chi connectivity index (χ3n) is 3.65. The maximum atomic E-state index is 11.1. The quantitative estimate of drug-likeness (QED) is 0.809. The number of carbonyl (C=O) groups excluding carboxylic acids is 1. The van der Waals surface area contributed by atoms with Gasteiger partial charge in [0, 0.05) is 38.3 Å². The van der Waals surface area contributed by atoms with E-state index in [4.69, 9.17) is 11.5 Å². The van der Waals surface area contributed by atoms with Crippen molar-refractivity contribution in [2.24, 2.45) is 11.7 Å². The molecule has 0 atom stereocenters. The minimum absolute atomic E-state index is 0.440. The molecule has 5 heteroatoms. The molecule has 20 heavy (non-hydrogen) atoms. The predicted octanol–water partition coefficient (Wildman–Crippen LogP) is 1.15. The molecule has 0 aromatic heterocycles. The van der Waals surface area contributed by atoms with Gasteiger partial charge in [0.1, 0.15) is 0 Å². The van der Waals surface area contributed by atoms with Crippen molar-refractivity contribution < 1.29 is 4.79 Å². The number of primary amides is 1. The summed E-state index contributed by atoms with van der Waals surface area (Å²) in [7, 11) is 0. The van der Waals surface area contributed by atoms with Crippen LogP contribution in [0.2, 0.25) is 0 Å². The number of nitrogens with two attached hydrogens (primary N) is 2. The third kappa shape index (κ3) is 3.42. The van der Waals surface area contributed by atoms with E-state index in [2.05, 4.69) is 23.6 Å². The largest absolute Gasteiger partial charge is 0.397 e. The minimum Gasteiger partial charge on any atom is -0.397 e. The van der Waals surface area contributed by atoms with Gasteiger partial charge >= 0.3 is 0 Å². The first-order valence-corrected chi connectivity index (χ1v) is 7.14. The molecule has 1 aliphatic rings. The Morgan fingerprint density at radius 1 is 1.25 bits per heavy atom.